The number of aryl methyl sites for hydroxylation is 1. The Hall–Kier alpha value is -1.84. The molecule has 0 aliphatic heterocycles. The van der Waals surface area contributed by atoms with Crippen molar-refractivity contribution in [2.45, 2.75) is 13.8 Å². The first-order valence-corrected chi connectivity index (χ1v) is 4.91. The molecule has 4 heteroatoms. The normalized spacial score (nSPS) is 10.8. The van der Waals surface area contributed by atoms with Crippen LogP contribution in [0.4, 0.5) is 4.39 Å². The van der Waals surface area contributed by atoms with Crippen LogP contribution in [0.25, 0.3) is 10.9 Å². The van der Waals surface area contributed by atoms with E-state index in [0.717, 1.165) is 5.69 Å². The van der Waals surface area contributed by atoms with Crippen molar-refractivity contribution >= 4 is 16.8 Å². The molecule has 0 aliphatic carbocycles. The summed E-state index contributed by atoms with van der Waals surface area (Å²) >= 11 is 0. The number of fused-ring (bicyclic) bond motifs is 1. The molecule has 16 heavy (non-hydrogen) atoms. The summed E-state index contributed by atoms with van der Waals surface area (Å²) < 4.78 is 20.3. The van der Waals surface area contributed by atoms with Crippen LogP contribution >= 0.6 is 0 Å². The van der Waals surface area contributed by atoms with Crippen LogP contribution in [-0.2, 0) is 0 Å². The molecule has 84 valence electrons. The highest BCUT2D eigenvalue weighted by Gasteiger charge is 2.15. The van der Waals surface area contributed by atoms with E-state index >= 15 is 0 Å². The van der Waals surface area contributed by atoms with E-state index in [4.69, 9.17) is 4.74 Å². The molecule has 3 nitrogen and oxygen atoms in total. The minimum absolute atomic E-state index is 0.128. The summed E-state index contributed by atoms with van der Waals surface area (Å²) in [5.74, 6) is -0.367. The lowest BCUT2D eigenvalue weighted by atomic mass is 10.2. The SMILES string of the molecule is COc1ccc2c(cc(C)n2C(C)=O)c1F. The van der Waals surface area contributed by atoms with E-state index in [9.17, 15) is 9.18 Å². The molecular weight excluding hydrogens is 209 g/mol. The Kier molecular flexibility index (Phi) is 2.42. The van der Waals surface area contributed by atoms with E-state index in [2.05, 4.69) is 0 Å². The first kappa shape index (κ1) is 10.7. The van der Waals surface area contributed by atoms with Crippen LogP contribution < -0.4 is 4.74 Å². The van der Waals surface area contributed by atoms with E-state index in [1.54, 1.807) is 19.1 Å². The number of hydrogen-bond acceptors (Lipinski definition) is 2. The molecule has 0 radical (unpaired) electrons. The molecule has 1 aromatic carbocycles. The van der Waals surface area contributed by atoms with Crippen LogP contribution in [0.2, 0.25) is 0 Å². The third-order valence-electron chi connectivity index (χ3n) is 2.60. The largest absolute Gasteiger partial charge is 0.494 e. The number of ether oxygens (including phenoxy) is 1. The van der Waals surface area contributed by atoms with E-state index < -0.39 is 5.82 Å². The van der Waals surface area contributed by atoms with Gasteiger partial charge in [0, 0.05) is 18.0 Å². The van der Waals surface area contributed by atoms with Gasteiger partial charge in [0.1, 0.15) is 0 Å². The van der Waals surface area contributed by atoms with Gasteiger partial charge in [0.15, 0.2) is 11.6 Å². The number of methoxy groups -OCH3 is 1. The van der Waals surface area contributed by atoms with Crippen molar-refractivity contribution < 1.29 is 13.9 Å². The third kappa shape index (κ3) is 1.38. The van der Waals surface area contributed by atoms with Crippen molar-refractivity contribution in [1.82, 2.24) is 4.57 Å². The van der Waals surface area contributed by atoms with Crippen LogP contribution in [0.1, 0.15) is 17.4 Å². The van der Waals surface area contributed by atoms with Crippen LogP contribution in [0, 0.1) is 12.7 Å². The highest BCUT2D eigenvalue weighted by molar-refractivity contribution is 5.93. The molecule has 0 saturated heterocycles. The lowest BCUT2D eigenvalue weighted by Gasteiger charge is -2.04. The minimum atomic E-state index is -0.428. The number of rotatable bonds is 1. The van der Waals surface area contributed by atoms with E-state index in [0.29, 0.717) is 10.9 Å². The van der Waals surface area contributed by atoms with Gasteiger partial charge in [-0.15, -0.1) is 0 Å². The zero-order valence-corrected chi connectivity index (χ0v) is 9.37. The van der Waals surface area contributed by atoms with Crippen molar-refractivity contribution in [3.63, 3.8) is 0 Å². The standard InChI is InChI=1S/C12H12FNO2/c1-7-6-9-10(14(7)8(2)15)4-5-11(16-3)12(9)13/h4-6H,1-3H3. The van der Waals surface area contributed by atoms with Gasteiger partial charge in [-0.3, -0.25) is 9.36 Å². The number of halogens is 1. The van der Waals surface area contributed by atoms with Crippen molar-refractivity contribution in [1.29, 1.82) is 0 Å². The zero-order valence-electron chi connectivity index (χ0n) is 9.37. The van der Waals surface area contributed by atoms with Gasteiger partial charge in [0.05, 0.1) is 12.6 Å². The lowest BCUT2D eigenvalue weighted by molar-refractivity contribution is 0.0940. The maximum Gasteiger partial charge on any atom is 0.228 e. The lowest BCUT2D eigenvalue weighted by Crippen LogP contribution is -2.06. The maximum absolute atomic E-state index is 13.9. The minimum Gasteiger partial charge on any atom is -0.494 e. The first-order chi connectivity index (χ1) is 7.56. The molecule has 0 bridgehead atoms. The monoisotopic (exact) mass is 221 g/mol. The average molecular weight is 221 g/mol. The Balaban J connectivity index is 2.84. The van der Waals surface area contributed by atoms with Gasteiger partial charge in [0.25, 0.3) is 0 Å². The third-order valence-corrected chi connectivity index (χ3v) is 2.60. The topological polar surface area (TPSA) is 31.2 Å². The van der Waals surface area contributed by atoms with Gasteiger partial charge in [-0.2, -0.15) is 0 Å². The van der Waals surface area contributed by atoms with Gasteiger partial charge in [-0.25, -0.2) is 4.39 Å². The number of benzene rings is 1. The average Bonchev–Trinajstić information content (AvgIpc) is 2.56. The molecule has 0 amide bonds. The smallest absolute Gasteiger partial charge is 0.228 e. The summed E-state index contributed by atoms with van der Waals surface area (Å²) in [7, 11) is 1.42. The number of nitrogens with zero attached hydrogens (tertiary/aromatic N) is 1. The van der Waals surface area contributed by atoms with Crippen LogP contribution in [0.3, 0.4) is 0 Å². The summed E-state index contributed by atoms with van der Waals surface area (Å²) in [4.78, 5) is 11.4. The number of carbonyl (C=O) groups excluding carboxylic acids is 1. The van der Waals surface area contributed by atoms with Gasteiger partial charge in [-0.05, 0) is 25.1 Å². The van der Waals surface area contributed by atoms with Crippen LogP contribution in [0.15, 0.2) is 18.2 Å². The fourth-order valence-electron chi connectivity index (χ4n) is 1.93. The Morgan fingerprint density at radius 2 is 2.12 bits per heavy atom. The molecule has 2 aromatic rings. The molecule has 2 rings (SSSR count). The molecule has 0 spiro atoms. The number of aromatic nitrogens is 1. The zero-order chi connectivity index (χ0) is 11.9. The molecule has 0 saturated carbocycles. The molecule has 0 fully saturated rings. The Morgan fingerprint density at radius 3 is 2.69 bits per heavy atom. The molecule has 0 N–H and O–H groups in total. The van der Waals surface area contributed by atoms with Crippen molar-refractivity contribution in [2.24, 2.45) is 0 Å². The molecular formula is C12H12FNO2. The molecule has 0 unspecified atom stereocenters. The van der Waals surface area contributed by atoms with Gasteiger partial charge < -0.3 is 4.74 Å². The molecule has 0 atom stereocenters. The predicted molar refractivity (Wildman–Crippen MR) is 59.5 cm³/mol. The van der Waals surface area contributed by atoms with Gasteiger partial charge in [-0.1, -0.05) is 0 Å². The van der Waals surface area contributed by atoms with E-state index in [1.165, 1.54) is 24.7 Å². The highest BCUT2D eigenvalue weighted by atomic mass is 19.1. The molecule has 0 aliphatic rings. The fraction of sp³-hybridized carbons (Fsp3) is 0.250. The summed E-state index contributed by atoms with van der Waals surface area (Å²) in [6.45, 7) is 3.22. The maximum atomic E-state index is 13.9. The fourth-order valence-corrected chi connectivity index (χ4v) is 1.93. The Labute approximate surface area is 92.4 Å². The quantitative estimate of drug-likeness (QED) is 0.741. The summed E-state index contributed by atoms with van der Waals surface area (Å²) in [6, 6.07) is 4.86. The van der Waals surface area contributed by atoms with Gasteiger partial charge in [0.2, 0.25) is 5.91 Å². The van der Waals surface area contributed by atoms with E-state index in [-0.39, 0.29) is 11.7 Å². The van der Waals surface area contributed by atoms with Crippen LogP contribution in [-0.4, -0.2) is 17.6 Å². The number of hydrogen-bond donors (Lipinski definition) is 0. The van der Waals surface area contributed by atoms with Crippen molar-refractivity contribution in [3.8, 4) is 5.75 Å². The summed E-state index contributed by atoms with van der Waals surface area (Å²) in [6.07, 6.45) is 0. The molecule has 1 aromatic heterocycles. The second-order valence-corrected chi connectivity index (χ2v) is 3.65. The second-order valence-electron chi connectivity index (χ2n) is 3.65. The summed E-state index contributed by atoms with van der Waals surface area (Å²) in [5.41, 5.74) is 1.29. The van der Waals surface area contributed by atoms with E-state index in [1.807, 2.05) is 0 Å². The van der Waals surface area contributed by atoms with Crippen LogP contribution in [0.5, 0.6) is 5.75 Å². The molecule has 1 heterocycles. The Bertz CT molecular complexity index is 572. The Morgan fingerprint density at radius 1 is 1.44 bits per heavy atom. The summed E-state index contributed by atoms with van der Waals surface area (Å²) in [5, 5.41) is 0.409. The van der Waals surface area contributed by atoms with Crippen molar-refractivity contribution in [2.75, 3.05) is 7.11 Å². The first-order valence-electron chi connectivity index (χ1n) is 4.91. The number of carbonyl (C=O) groups is 1. The second kappa shape index (κ2) is 3.63. The highest BCUT2D eigenvalue weighted by Crippen LogP contribution is 2.28. The predicted octanol–water partition coefficient (Wildman–Crippen LogP) is 2.76. The van der Waals surface area contributed by atoms with Crippen molar-refractivity contribution in [3.05, 3.63) is 29.7 Å². The van der Waals surface area contributed by atoms with Gasteiger partial charge >= 0.3 is 0 Å².